The molecule has 2 rings (SSSR count). The Morgan fingerprint density at radius 3 is 2.50 bits per heavy atom. The van der Waals surface area contributed by atoms with Gasteiger partial charge in [0.1, 0.15) is 5.82 Å². The molecule has 1 aromatic heterocycles. The molecule has 0 amide bonds. The van der Waals surface area contributed by atoms with Gasteiger partial charge in [-0.1, -0.05) is 6.07 Å². The third kappa shape index (κ3) is 2.74. The Labute approximate surface area is 114 Å². The smallest absolute Gasteiger partial charge is 0.312 e. The van der Waals surface area contributed by atoms with Crippen LogP contribution in [0.5, 0.6) is 11.6 Å². The minimum atomic E-state index is -0.511. The normalized spacial score (nSPS) is 10.3. The van der Waals surface area contributed by atoms with Crippen molar-refractivity contribution in [3.05, 3.63) is 39.4 Å². The van der Waals surface area contributed by atoms with Crippen LogP contribution < -0.4 is 16.2 Å². The van der Waals surface area contributed by atoms with Gasteiger partial charge in [-0.05, 0) is 25.0 Å². The zero-order chi connectivity index (χ0) is 14.9. The van der Waals surface area contributed by atoms with Crippen molar-refractivity contribution in [3.8, 4) is 11.6 Å². The fourth-order valence-electron chi connectivity index (χ4n) is 1.82. The lowest BCUT2D eigenvalue weighted by molar-refractivity contribution is -0.385. The molecular weight excluding hydrogens is 262 g/mol. The molecular formula is C12H13N5O3. The van der Waals surface area contributed by atoms with Gasteiger partial charge < -0.3 is 16.2 Å². The predicted molar refractivity (Wildman–Crippen MR) is 73.5 cm³/mol. The number of nitrogens with two attached hydrogens (primary N) is 2. The topological polar surface area (TPSA) is 130 Å². The molecule has 0 aliphatic heterocycles. The van der Waals surface area contributed by atoms with E-state index in [1.165, 1.54) is 12.1 Å². The Kier molecular flexibility index (Phi) is 3.38. The molecule has 8 nitrogen and oxygen atoms in total. The summed E-state index contributed by atoms with van der Waals surface area (Å²) in [5.41, 5.74) is 12.2. The maximum absolute atomic E-state index is 11.1. The molecule has 0 fully saturated rings. The molecule has 0 saturated carbocycles. The summed E-state index contributed by atoms with van der Waals surface area (Å²) >= 11 is 0. The number of ether oxygens (including phenoxy) is 1. The van der Waals surface area contributed by atoms with Gasteiger partial charge in [0, 0.05) is 12.1 Å². The third-order valence-corrected chi connectivity index (χ3v) is 2.54. The molecule has 0 aliphatic rings. The van der Waals surface area contributed by atoms with Crippen LogP contribution in [-0.4, -0.2) is 14.9 Å². The quantitative estimate of drug-likeness (QED) is 0.646. The highest BCUT2D eigenvalue weighted by atomic mass is 16.6. The van der Waals surface area contributed by atoms with Crippen LogP contribution in [0.15, 0.2) is 18.2 Å². The fraction of sp³-hybridized carbons (Fsp3) is 0.167. The van der Waals surface area contributed by atoms with E-state index >= 15 is 0 Å². The Morgan fingerprint density at radius 2 is 1.90 bits per heavy atom. The summed E-state index contributed by atoms with van der Waals surface area (Å²) in [6, 6.07) is 4.55. The van der Waals surface area contributed by atoms with Crippen molar-refractivity contribution in [2.45, 2.75) is 13.8 Å². The lowest BCUT2D eigenvalue weighted by Crippen LogP contribution is -2.02. The molecule has 0 spiro atoms. The number of nitrogens with zero attached hydrogens (tertiary/aromatic N) is 3. The van der Waals surface area contributed by atoms with Crippen LogP contribution in [0.2, 0.25) is 0 Å². The molecule has 0 unspecified atom stereocenters. The number of aromatic nitrogens is 2. The van der Waals surface area contributed by atoms with Crippen LogP contribution >= 0.6 is 0 Å². The highest BCUT2D eigenvalue weighted by Gasteiger charge is 2.20. The van der Waals surface area contributed by atoms with Crippen molar-refractivity contribution in [2.75, 3.05) is 11.5 Å². The summed E-state index contributed by atoms with van der Waals surface area (Å²) < 4.78 is 5.47. The van der Waals surface area contributed by atoms with Crippen LogP contribution in [0, 0.1) is 24.0 Å². The average molecular weight is 275 g/mol. The first-order chi connectivity index (χ1) is 9.36. The summed E-state index contributed by atoms with van der Waals surface area (Å²) in [5, 5.41) is 11.1. The van der Waals surface area contributed by atoms with E-state index in [2.05, 4.69) is 9.97 Å². The maximum atomic E-state index is 11.1. The van der Waals surface area contributed by atoms with Gasteiger partial charge in [-0.3, -0.25) is 10.1 Å². The van der Waals surface area contributed by atoms with Gasteiger partial charge in [-0.2, -0.15) is 9.97 Å². The molecule has 20 heavy (non-hydrogen) atoms. The van der Waals surface area contributed by atoms with E-state index in [9.17, 15) is 10.1 Å². The molecule has 1 heterocycles. The predicted octanol–water partition coefficient (Wildman–Crippen LogP) is 1.96. The number of nitro benzene ring substituents is 1. The minimum absolute atomic E-state index is 0.0602. The van der Waals surface area contributed by atoms with Crippen LogP contribution in [0.25, 0.3) is 0 Å². The molecule has 4 N–H and O–H groups in total. The van der Waals surface area contributed by atoms with E-state index in [1.807, 2.05) is 0 Å². The van der Waals surface area contributed by atoms with Crippen molar-refractivity contribution in [1.82, 2.24) is 9.97 Å². The van der Waals surface area contributed by atoms with Crippen LogP contribution in [0.3, 0.4) is 0 Å². The second kappa shape index (κ2) is 5.00. The van der Waals surface area contributed by atoms with Crippen molar-refractivity contribution in [1.29, 1.82) is 0 Å². The molecule has 0 radical (unpaired) electrons. The van der Waals surface area contributed by atoms with Crippen LogP contribution in [0.1, 0.15) is 11.1 Å². The van der Waals surface area contributed by atoms with Gasteiger partial charge in [0.25, 0.3) is 0 Å². The molecule has 0 saturated heterocycles. The van der Waals surface area contributed by atoms with Crippen LogP contribution in [-0.2, 0) is 0 Å². The highest BCUT2D eigenvalue weighted by Crippen LogP contribution is 2.35. The van der Waals surface area contributed by atoms with E-state index in [-0.39, 0.29) is 29.1 Å². The van der Waals surface area contributed by atoms with Gasteiger partial charge >= 0.3 is 5.69 Å². The number of hydrogen-bond acceptors (Lipinski definition) is 7. The standard InChI is InChI=1S/C12H13N5O3/c1-6-3-7(2)11(8(4-6)17(18)19)20-10-5-9(13)15-12(14)16-10/h3-5H,1-2H3,(H4,13,14,15,16). The first-order valence-electron chi connectivity index (χ1n) is 5.70. The Bertz CT molecular complexity index is 667. The van der Waals surface area contributed by atoms with E-state index < -0.39 is 4.92 Å². The van der Waals surface area contributed by atoms with Crippen molar-refractivity contribution >= 4 is 17.5 Å². The first kappa shape index (κ1) is 13.5. The van der Waals surface area contributed by atoms with E-state index in [0.717, 1.165) is 5.56 Å². The minimum Gasteiger partial charge on any atom is -0.431 e. The largest absolute Gasteiger partial charge is 0.431 e. The van der Waals surface area contributed by atoms with Gasteiger partial charge in [0.2, 0.25) is 17.6 Å². The average Bonchev–Trinajstić information content (AvgIpc) is 2.30. The van der Waals surface area contributed by atoms with Crippen molar-refractivity contribution in [2.24, 2.45) is 0 Å². The molecule has 104 valence electrons. The summed E-state index contributed by atoms with van der Waals surface area (Å²) in [7, 11) is 0. The van der Waals surface area contributed by atoms with E-state index in [1.54, 1.807) is 19.9 Å². The highest BCUT2D eigenvalue weighted by molar-refractivity contribution is 5.55. The second-order valence-electron chi connectivity index (χ2n) is 4.28. The third-order valence-electron chi connectivity index (χ3n) is 2.54. The summed E-state index contributed by atoms with van der Waals surface area (Å²) in [4.78, 5) is 18.1. The number of nitrogen functional groups attached to an aromatic ring is 2. The second-order valence-corrected chi connectivity index (χ2v) is 4.28. The van der Waals surface area contributed by atoms with E-state index in [4.69, 9.17) is 16.2 Å². The molecule has 1 aromatic carbocycles. The lowest BCUT2D eigenvalue weighted by atomic mass is 10.1. The van der Waals surface area contributed by atoms with Crippen molar-refractivity contribution in [3.63, 3.8) is 0 Å². The first-order valence-corrected chi connectivity index (χ1v) is 5.70. The van der Waals surface area contributed by atoms with Gasteiger partial charge in [-0.25, -0.2) is 0 Å². The maximum Gasteiger partial charge on any atom is 0.312 e. The zero-order valence-electron chi connectivity index (χ0n) is 11.0. The Hall–Kier alpha value is -2.90. The molecule has 0 atom stereocenters. The number of nitro groups is 1. The molecule has 2 aromatic rings. The Morgan fingerprint density at radius 1 is 1.20 bits per heavy atom. The zero-order valence-corrected chi connectivity index (χ0v) is 11.0. The molecule has 0 aliphatic carbocycles. The van der Waals surface area contributed by atoms with Crippen LogP contribution in [0.4, 0.5) is 17.5 Å². The number of anilines is 2. The van der Waals surface area contributed by atoms with Gasteiger partial charge in [0.05, 0.1) is 4.92 Å². The van der Waals surface area contributed by atoms with Gasteiger partial charge in [0.15, 0.2) is 0 Å². The fourth-order valence-corrected chi connectivity index (χ4v) is 1.82. The lowest BCUT2D eigenvalue weighted by Gasteiger charge is -2.10. The summed E-state index contributed by atoms with van der Waals surface area (Å²) in [5.74, 6) is 0.232. The summed E-state index contributed by atoms with van der Waals surface area (Å²) in [6.45, 7) is 3.48. The monoisotopic (exact) mass is 275 g/mol. The van der Waals surface area contributed by atoms with E-state index in [0.29, 0.717) is 5.56 Å². The Balaban J connectivity index is 2.50. The number of rotatable bonds is 3. The van der Waals surface area contributed by atoms with Gasteiger partial charge in [-0.15, -0.1) is 0 Å². The number of benzene rings is 1. The number of aryl methyl sites for hydroxylation is 2. The molecule has 8 heteroatoms. The molecule has 0 bridgehead atoms. The number of hydrogen-bond donors (Lipinski definition) is 2. The SMILES string of the molecule is Cc1cc(C)c(Oc2cc(N)nc(N)n2)c([N+](=O)[O-])c1. The summed E-state index contributed by atoms with van der Waals surface area (Å²) in [6.07, 6.45) is 0. The van der Waals surface area contributed by atoms with Crippen molar-refractivity contribution < 1.29 is 9.66 Å².